The summed E-state index contributed by atoms with van der Waals surface area (Å²) in [6.07, 6.45) is 2.88. The Bertz CT molecular complexity index is 917. The molecule has 1 aromatic heterocycles. The highest BCUT2D eigenvalue weighted by molar-refractivity contribution is 6.02. The van der Waals surface area contributed by atoms with Crippen LogP contribution in [0.1, 0.15) is 23.0 Å². The molecule has 0 unspecified atom stereocenters. The summed E-state index contributed by atoms with van der Waals surface area (Å²) in [7, 11) is 0. The third kappa shape index (κ3) is 4.63. The van der Waals surface area contributed by atoms with Crippen LogP contribution in [0.3, 0.4) is 0 Å². The number of hydrogen-bond acceptors (Lipinski definition) is 4. The Hall–Kier alpha value is -3.35. The van der Waals surface area contributed by atoms with E-state index in [0.717, 1.165) is 24.2 Å². The Morgan fingerprint density at radius 3 is 2.44 bits per heavy atom. The highest BCUT2D eigenvalue weighted by Gasteiger charge is 2.12. The van der Waals surface area contributed by atoms with Gasteiger partial charge in [-0.1, -0.05) is 30.3 Å². The van der Waals surface area contributed by atoms with Gasteiger partial charge in [-0.3, -0.25) is 4.79 Å². The summed E-state index contributed by atoms with van der Waals surface area (Å²) in [5.74, 6) is -1.92. The molecule has 0 saturated heterocycles. The van der Waals surface area contributed by atoms with Gasteiger partial charge in [0.25, 0.3) is 5.91 Å². The van der Waals surface area contributed by atoms with Gasteiger partial charge in [0.15, 0.2) is 11.6 Å². The van der Waals surface area contributed by atoms with Crippen LogP contribution in [-0.2, 0) is 6.54 Å². The number of rotatable bonds is 6. The quantitative estimate of drug-likeness (QED) is 0.714. The van der Waals surface area contributed by atoms with E-state index in [0.29, 0.717) is 12.4 Å². The lowest BCUT2D eigenvalue weighted by atomic mass is 10.2. The van der Waals surface area contributed by atoms with E-state index >= 15 is 0 Å². The normalized spacial score (nSPS) is 10.5. The van der Waals surface area contributed by atoms with Crippen LogP contribution in [-0.4, -0.2) is 22.4 Å². The minimum absolute atomic E-state index is 0.0826. The fourth-order valence-electron chi connectivity index (χ4n) is 2.53. The van der Waals surface area contributed by atoms with Crippen LogP contribution in [0.5, 0.6) is 0 Å². The first-order valence-electron chi connectivity index (χ1n) is 8.44. The van der Waals surface area contributed by atoms with E-state index in [2.05, 4.69) is 15.3 Å². The van der Waals surface area contributed by atoms with Gasteiger partial charge in [-0.25, -0.2) is 18.7 Å². The Kier molecular flexibility index (Phi) is 5.71. The number of carbonyl (C=O) groups excluding carboxylic acids is 1. The minimum Gasteiger partial charge on any atom is -0.351 e. The number of carbonyl (C=O) groups is 1. The van der Waals surface area contributed by atoms with Crippen molar-refractivity contribution in [1.82, 2.24) is 9.97 Å². The van der Waals surface area contributed by atoms with Crippen LogP contribution < -0.4 is 10.2 Å². The van der Waals surface area contributed by atoms with Crippen molar-refractivity contribution < 1.29 is 13.6 Å². The largest absolute Gasteiger partial charge is 0.351 e. The van der Waals surface area contributed by atoms with Crippen molar-refractivity contribution in [1.29, 1.82) is 0 Å². The fourth-order valence-corrected chi connectivity index (χ4v) is 2.53. The lowest BCUT2D eigenvalue weighted by molar-refractivity contribution is 0.102. The molecule has 3 aromatic rings. The van der Waals surface area contributed by atoms with Crippen LogP contribution >= 0.6 is 0 Å². The molecule has 138 valence electrons. The van der Waals surface area contributed by atoms with Crippen molar-refractivity contribution in [2.75, 3.05) is 16.8 Å². The van der Waals surface area contributed by atoms with E-state index in [-0.39, 0.29) is 11.4 Å². The summed E-state index contributed by atoms with van der Waals surface area (Å²) in [6.45, 7) is 3.41. The second kappa shape index (κ2) is 8.35. The van der Waals surface area contributed by atoms with E-state index < -0.39 is 17.5 Å². The van der Waals surface area contributed by atoms with E-state index in [1.165, 1.54) is 18.5 Å². The molecule has 0 bridgehead atoms. The highest BCUT2D eigenvalue weighted by Crippen LogP contribution is 2.16. The Morgan fingerprint density at radius 2 is 1.81 bits per heavy atom. The monoisotopic (exact) mass is 368 g/mol. The smallest absolute Gasteiger partial charge is 0.275 e. The zero-order valence-electron chi connectivity index (χ0n) is 14.7. The first kappa shape index (κ1) is 18.4. The van der Waals surface area contributed by atoms with E-state index in [9.17, 15) is 13.6 Å². The van der Waals surface area contributed by atoms with Gasteiger partial charge in [0.2, 0.25) is 0 Å². The van der Waals surface area contributed by atoms with Crippen LogP contribution in [0.25, 0.3) is 0 Å². The van der Waals surface area contributed by atoms with Gasteiger partial charge in [-0.2, -0.15) is 0 Å². The third-order valence-corrected chi connectivity index (χ3v) is 3.97. The maximum absolute atomic E-state index is 13.2. The van der Waals surface area contributed by atoms with Crippen molar-refractivity contribution in [3.63, 3.8) is 0 Å². The SMILES string of the molecule is CCN(Cc1ccccc1)c1cnc(C(=O)Nc2ccc(F)c(F)c2)cn1. The van der Waals surface area contributed by atoms with Gasteiger partial charge in [0.1, 0.15) is 11.5 Å². The zero-order valence-corrected chi connectivity index (χ0v) is 14.7. The lowest BCUT2D eigenvalue weighted by Crippen LogP contribution is -2.24. The second-order valence-electron chi connectivity index (χ2n) is 5.84. The van der Waals surface area contributed by atoms with Crippen molar-refractivity contribution >= 4 is 17.4 Å². The maximum Gasteiger partial charge on any atom is 0.275 e. The van der Waals surface area contributed by atoms with Crippen molar-refractivity contribution in [3.05, 3.63) is 83.8 Å². The first-order valence-corrected chi connectivity index (χ1v) is 8.44. The molecule has 3 rings (SSSR count). The molecule has 0 atom stereocenters. The van der Waals surface area contributed by atoms with Crippen LogP contribution in [0, 0.1) is 11.6 Å². The molecule has 0 aliphatic heterocycles. The van der Waals surface area contributed by atoms with E-state index in [4.69, 9.17) is 0 Å². The molecule has 1 amide bonds. The molecule has 0 radical (unpaired) electrons. The zero-order chi connectivity index (χ0) is 19.2. The molecule has 5 nitrogen and oxygen atoms in total. The van der Waals surface area contributed by atoms with Crippen molar-refractivity contribution in [2.24, 2.45) is 0 Å². The van der Waals surface area contributed by atoms with Crippen molar-refractivity contribution in [3.8, 4) is 0 Å². The lowest BCUT2D eigenvalue weighted by Gasteiger charge is -2.21. The molecule has 1 N–H and O–H groups in total. The van der Waals surface area contributed by atoms with E-state index in [1.807, 2.05) is 42.2 Å². The highest BCUT2D eigenvalue weighted by atomic mass is 19.2. The maximum atomic E-state index is 13.2. The molecule has 0 fully saturated rings. The number of nitrogens with one attached hydrogen (secondary N) is 1. The molecule has 1 heterocycles. The van der Waals surface area contributed by atoms with Gasteiger partial charge < -0.3 is 10.2 Å². The predicted molar refractivity (Wildman–Crippen MR) is 99.5 cm³/mol. The van der Waals surface area contributed by atoms with Crippen LogP contribution in [0.15, 0.2) is 60.9 Å². The average molecular weight is 368 g/mol. The first-order chi connectivity index (χ1) is 13.1. The molecular formula is C20H18F2N4O. The molecule has 0 spiro atoms. The molecule has 0 aliphatic carbocycles. The molecular weight excluding hydrogens is 350 g/mol. The third-order valence-electron chi connectivity index (χ3n) is 3.97. The number of aromatic nitrogens is 2. The van der Waals surface area contributed by atoms with Crippen molar-refractivity contribution in [2.45, 2.75) is 13.5 Å². The molecule has 0 saturated carbocycles. The minimum atomic E-state index is -1.03. The Morgan fingerprint density at radius 1 is 1.04 bits per heavy atom. The van der Waals surface area contributed by atoms with E-state index in [1.54, 1.807) is 0 Å². The van der Waals surface area contributed by atoms with Gasteiger partial charge >= 0.3 is 0 Å². The summed E-state index contributed by atoms with van der Waals surface area (Å²) >= 11 is 0. The topological polar surface area (TPSA) is 58.1 Å². The summed E-state index contributed by atoms with van der Waals surface area (Å²) < 4.78 is 26.2. The Balaban J connectivity index is 1.69. The number of amides is 1. The predicted octanol–water partition coefficient (Wildman–Crippen LogP) is 4.03. The molecule has 2 aromatic carbocycles. The second-order valence-corrected chi connectivity index (χ2v) is 5.84. The molecule has 0 aliphatic rings. The number of benzene rings is 2. The van der Waals surface area contributed by atoms with Gasteiger partial charge in [0, 0.05) is 24.8 Å². The molecule has 27 heavy (non-hydrogen) atoms. The number of halogens is 2. The number of anilines is 2. The van der Waals surface area contributed by atoms with Crippen LogP contribution in [0.4, 0.5) is 20.3 Å². The standard InChI is InChI=1S/C20H18F2N4O/c1-2-26(13-14-6-4-3-5-7-14)19-12-23-18(11-24-19)20(27)25-15-8-9-16(21)17(22)10-15/h3-12H,2,13H2,1H3,(H,25,27). The summed E-state index contributed by atoms with van der Waals surface area (Å²) in [5.41, 5.74) is 1.37. The number of nitrogens with zero attached hydrogens (tertiary/aromatic N) is 3. The number of hydrogen-bond donors (Lipinski definition) is 1. The summed E-state index contributed by atoms with van der Waals surface area (Å²) in [6, 6.07) is 13.1. The average Bonchev–Trinajstić information content (AvgIpc) is 2.70. The van der Waals surface area contributed by atoms with Crippen LogP contribution in [0.2, 0.25) is 0 Å². The molecule has 7 heteroatoms. The van der Waals surface area contributed by atoms with Gasteiger partial charge in [0.05, 0.1) is 12.4 Å². The van der Waals surface area contributed by atoms with Gasteiger partial charge in [-0.05, 0) is 24.6 Å². The Labute approximate surface area is 155 Å². The van der Waals surface area contributed by atoms with Gasteiger partial charge in [-0.15, -0.1) is 0 Å². The summed E-state index contributed by atoms with van der Waals surface area (Å²) in [4.78, 5) is 22.7. The summed E-state index contributed by atoms with van der Waals surface area (Å²) in [5, 5.41) is 2.47. The fraction of sp³-hybridized carbons (Fsp3) is 0.150.